The van der Waals surface area contributed by atoms with Crippen LogP contribution in [0.5, 0.6) is 5.75 Å². The molecular weight excluding hydrogens is 310 g/mol. The molecule has 1 amide bonds. The average Bonchev–Trinajstić information content (AvgIpc) is 2.62. The topological polar surface area (TPSA) is 38.3 Å². The van der Waals surface area contributed by atoms with Crippen LogP contribution >= 0.6 is 0 Å². The summed E-state index contributed by atoms with van der Waals surface area (Å²) in [6, 6.07) is 22.0. The fourth-order valence-corrected chi connectivity index (χ4v) is 2.81. The van der Waals surface area contributed by atoms with E-state index in [-0.39, 0.29) is 11.9 Å². The first-order valence-corrected chi connectivity index (χ1v) is 8.56. The van der Waals surface area contributed by atoms with Crippen molar-refractivity contribution in [1.29, 1.82) is 0 Å². The van der Waals surface area contributed by atoms with E-state index in [2.05, 4.69) is 5.32 Å². The van der Waals surface area contributed by atoms with Gasteiger partial charge < -0.3 is 10.1 Å². The van der Waals surface area contributed by atoms with Crippen LogP contribution in [0.3, 0.4) is 0 Å². The highest BCUT2D eigenvalue weighted by Crippen LogP contribution is 2.26. The van der Waals surface area contributed by atoms with Crippen molar-refractivity contribution in [3.8, 4) is 5.75 Å². The van der Waals surface area contributed by atoms with E-state index in [0.717, 1.165) is 22.1 Å². The maximum absolute atomic E-state index is 12.5. The molecule has 0 aliphatic carbocycles. The van der Waals surface area contributed by atoms with Crippen LogP contribution in [-0.2, 0) is 4.79 Å². The molecule has 0 radical (unpaired) electrons. The summed E-state index contributed by atoms with van der Waals surface area (Å²) in [6.07, 6.45) is -0.571. The van der Waals surface area contributed by atoms with Crippen molar-refractivity contribution in [1.82, 2.24) is 5.32 Å². The standard InChI is InChI=1S/C22H23NO2/c1-15-11-13-18(14-12-15)16(2)23-22(24)17(3)25-21-10-6-8-19-7-4-5-9-20(19)21/h4-14,16-17H,1-3H3,(H,23,24)/t16-,17+/m0/s1. The summed E-state index contributed by atoms with van der Waals surface area (Å²) < 4.78 is 5.93. The molecular formula is C22H23NO2. The van der Waals surface area contributed by atoms with Crippen molar-refractivity contribution < 1.29 is 9.53 Å². The molecule has 3 rings (SSSR count). The van der Waals surface area contributed by atoms with Crippen LogP contribution in [0.1, 0.15) is 31.0 Å². The number of carbonyl (C=O) groups excluding carboxylic acids is 1. The smallest absolute Gasteiger partial charge is 0.261 e. The number of benzene rings is 3. The highest BCUT2D eigenvalue weighted by Gasteiger charge is 2.18. The molecule has 25 heavy (non-hydrogen) atoms. The summed E-state index contributed by atoms with van der Waals surface area (Å²) >= 11 is 0. The Morgan fingerprint density at radius 2 is 1.60 bits per heavy atom. The second-order valence-corrected chi connectivity index (χ2v) is 6.38. The van der Waals surface area contributed by atoms with Crippen molar-refractivity contribution in [3.05, 3.63) is 77.9 Å². The van der Waals surface area contributed by atoms with Crippen LogP contribution in [0.2, 0.25) is 0 Å². The van der Waals surface area contributed by atoms with Gasteiger partial charge in [-0.15, -0.1) is 0 Å². The van der Waals surface area contributed by atoms with Crippen LogP contribution in [0.15, 0.2) is 66.7 Å². The van der Waals surface area contributed by atoms with Gasteiger partial charge in [0.1, 0.15) is 5.75 Å². The summed E-state index contributed by atoms with van der Waals surface area (Å²) in [5, 5.41) is 5.13. The maximum Gasteiger partial charge on any atom is 0.261 e. The van der Waals surface area contributed by atoms with E-state index in [0.29, 0.717) is 0 Å². The van der Waals surface area contributed by atoms with E-state index < -0.39 is 6.10 Å². The molecule has 3 heteroatoms. The number of carbonyl (C=O) groups is 1. The Labute approximate surface area is 148 Å². The second kappa shape index (κ2) is 7.39. The van der Waals surface area contributed by atoms with E-state index in [1.54, 1.807) is 6.92 Å². The molecule has 3 nitrogen and oxygen atoms in total. The summed E-state index contributed by atoms with van der Waals surface area (Å²) in [7, 11) is 0. The number of nitrogens with one attached hydrogen (secondary N) is 1. The third-order valence-electron chi connectivity index (χ3n) is 4.36. The van der Waals surface area contributed by atoms with Gasteiger partial charge in [0.05, 0.1) is 6.04 Å². The largest absolute Gasteiger partial charge is 0.480 e. The highest BCUT2D eigenvalue weighted by atomic mass is 16.5. The number of amides is 1. The lowest BCUT2D eigenvalue weighted by molar-refractivity contribution is -0.127. The van der Waals surface area contributed by atoms with Crippen molar-refractivity contribution >= 4 is 16.7 Å². The molecule has 0 fully saturated rings. The predicted molar refractivity (Wildman–Crippen MR) is 102 cm³/mol. The monoisotopic (exact) mass is 333 g/mol. The van der Waals surface area contributed by atoms with Crippen LogP contribution in [-0.4, -0.2) is 12.0 Å². The van der Waals surface area contributed by atoms with Gasteiger partial charge in [0.2, 0.25) is 0 Å². The van der Waals surface area contributed by atoms with E-state index in [4.69, 9.17) is 4.74 Å². The molecule has 1 N–H and O–H groups in total. The highest BCUT2D eigenvalue weighted by molar-refractivity contribution is 5.89. The van der Waals surface area contributed by atoms with E-state index in [1.807, 2.05) is 80.6 Å². The fourth-order valence-electron chi connectivity index (χ4n) is 2.81. The average molecular weight is 333 g/mol. The Morgan fingerprint density at radius 3 is 2.36 bits per heavy atom. The zero-order valence-electron chi connectivity index (χ0n) is 14.8. The van der Waals surface area contributed by atoms with Gasteiger partial charge in [-0.25, -0.2) is 0 Å². The van der Waals surface area contributed by atoms with E-state index >= 15 is 0 Å². The van der Waals surface area contributed by atoms with Gasteiger partial charge in [-0.1, -0.05) is 66.2 Å². The minimum Gasteiger partial charge on any atom is -0.480 e. The van der Waals surface area contributed by atoms with Crippen LogP contribution in [0, 0.1) is 6.92 Å². The van der Waals surface area contributed by atoms with Crippen LogP contribution in [0.4, 0.5) is 0 Å². The number of ether oxygens (including phenoxy) is 1. The first-order valence-electron chi connectivity index (χ1n) is 8.56. The molecule has 2 atom stereocenters. The maximum atomic E-state index is 12.5. The van der Waals surface area contributed by atoms with Gasteiger partial charge in [0.15, 0.2) is 6.10 Å². The lowest BCUT2D eigenvalue weighted by atomic mass is 10.1. The van der Waals surface area contributed by atoms with Crippen LogP contribution < -0.4 is 10.1 Å². The molecule has 0 saturated carbocycles. The lowest BCUT2D eigenvalue weighted by Gasteiger charge is -2.20. The molecule has 0 unspecified atom stereocenters. The Balaban J connectivity index is 1.69. The normalized spacial score (nSPS) is 13.2. The van der Waals surface area contributed by atoms with Gasteiger partial charge in [-0.05, 0) is 37.8 Å². The molecule has 0 bridgehead atoms. The first-order chi connectivity index (χ1) is 12.0. The van der Waals surface area contributed by atoms with Crippen molar-refractivity contribution in [2.75, 3.05) is 0 Å². The minimum absolute atomic E-state index is 0.0633. The van der Waals surface area contributed by atoms with Gasteiger partial charge in [-0.2, -0.15) is 0 Å². The fraction of sp³-hybridized carbons (Fsp3) is 0.227. The molecule has 0 spiro atoms. The summed E-state index contributed by atoms with van der Waals surface area (Å²) in [4.78, 5) is 12.5. The lowest BCUT2D eigenvalue weighted by Crippen LogP contribution is -2.37. The Hall–Kier alpha value is -2.81. The van der Waals surface area contributed by atoms with Crippen molar-refractivity contribution in [2.24, 2.45) is 0 Å². The summed E-state index contributed by atoms with van der Waals surface area (Å²) in [5.74, 6) is 0.602. The SMILES string of the molecule is Cc1ccc([C@H](C)NC(=O)[C@@H](C)Oc2cccc3ccccc23)cc1. The Bertz CT molecular complexity index is 865. The van der Waals surface area contributed by atoms with Gasteiger partial charge in [-0.3, -0.25) is 4.79 Å². The number of fused-ring (bicyclic) bond motifs is 1. The minimum atomic E-state index is -0.571. The number of aryl methyl sites for hydroxylation is 1. The molecule has 0 heterocycles. The third kappa shape index (κ3) is 4.00. The van der Waals surface area contributed by atoms with Crippen LogP contribution in [0.25, 0.3) is 10.8 Å². The van der Waals surface area contributed by atoms with Gasteiger partial charge in [0.25, 0.3) is 5.91 Å². The zero-order chi connectivity index (χ0) is 17.8. The molecule has 0 aliphatic rings. The second-order valence-electron chi connectivity index (χ2n) is 6.38. The summed E-state index contributed by atoms with van der Waals surface area (Å²) in [5.41, 5.74) is 2.28. The van der Waals surface area contributed by atoms with Gasteiger partial charge in [0, 0.05) is 5.39 Å². The Kier molecular flexibility index (Phi) is 5.03. The molecule has 128 valence electrons. The predicted octanol–water partition coefficient (Wildman–Crippen LogP) is 4.79. The molecule has 3 aromatic carbocycles. The third-order valence-corrected chi connectivity index (χ3v) is 4.36. The Morgan fingerprint density at radius 1 is 0.920 bits per heavy atom. The molecule has 0 aromatic heterocycles. The molecule has 3 aromatic rings. The summed E-state index contributed by atoms with van der Waals surface area (Å²) in [6.45, 7) is 5.80. The van der Waals surface area contributed by atoms with Crippen molar-refractivity contribution in [3.63, 3.8) is 0 Å². The molecule has 0 aliphatic heterocycles. The quantitative estimate of drug-likeness (QED) is 0.729. The van der Waals surface area contributed by atoms with E-state index in [1.165, 1.54) is 5.56 Å². The van der Waals surface area contributed by atoms with Crippen molar-refractivity contribution in [2.45, 2.75) is 32.9 Å². The first kappa shape index (κ1) is 17.0. The number of hydrogen-bond acceptors (Lipinski definition) is 2. The number of hydrogen-bond donors (Lipinski definition) is 1. The zero-order valence-corrected chi connectivity index (χ0v) is 14.8. The van der Waals surface area contributed by atoms with E-state index in [9.17, 15) is 4.79 Å². The van der Waals surface area contributed by atoms with Gasteiger partial charge >= 0.3 is 0 Å². The number of rotatable bonds is 5. The molecule has 0 saturated heterocycles.